The van der Waals surface area contributed by atoms with Crippen LogP contribution in [-0.2, 0) is 19.3 Å². The van der Waals surface area contributed by atoms with Gasteiger partial charge in [-0.25, -0.2) is 123 Å². The molecular formula is C61H32F32O. The summed E-state index contributed by atoms with van der Waals surface area (Å²) in [5.74, 6) is -81.6. The summed E-state index contributed by atoms with van der Waals surface area (Å²) in [6.45, 7) is 8.68. The normalized spacial score (nSPS) is 11.5. The van der Waals surface area contributed by atoms with Crippen LogP contribution in [0.4, 0.5) is 140 Å². The molecule has 0 amide bonds. The first-order chi connectivity index (χ1) is 43.5. The number of benzene rings is 8. The number of hydrogen-bond donors (Lipinski definition) is 0. The highest BCUT2D eigenvalue weighted by Crippen LogP contribution is 2.47. The van der Waals surface area contributed by atoms with Crippen molar-refractivity contribution in [3.05, 3.63) is 231 Å². The molecule has 8 rings (SSSR count). The monoisotopic (exact) mass is 1390 g/mol. The van der Waals surface area contributed by atoms with E-state index in [2.05, 4.69) is 4.74 Å². The van der Waals surface area contributed by atoms with E-state index >= 15 is 0 Å². The van der Waals surface area contributed by atoms with Crippen molar-refractivity contribution in [2.24, 2.45) is 0 Å². The molecule has 1 nitrogen and oxygen atoms in total. The van der Waals surface area contributed by atoms with Gasteiger partial charge >= 0.3 is 0 Å². The fourth-order valence-electron chi connectivity index (χ4n) is 9.17. The van der Waals surface area contributed by atoms with Crippen molar-refractivity contribution in [3.8, 4) is 44.9 Å². The van der Waals surface area contributed by atoms with Crippen LogP contribution in [-0.4, -0.2) is 0 Å². The van der Waals surface area contributed by atoms with Gasteiger partial charge in [-0.3, -0.25) is 0 Å². The van der Waals surface area contributed by atoms with E-state index in [1.54, 1.807) is 0 Å². The highest BCUT2D eigenvalue weighted by Gasteiger charge is 2.40. The van der Waals surface area contributed by atoms with Crippen LogP contribution in [0.1, 0.15) is 97.9 Å². The van der Waals surface area contributed by atoms with Crippen LogP contribution >= 0.6 is 0 Å². The lowest BCUT2D eigenvalue weighted by molar-refractivity contribution is 0.325. The highest BCUT2D eigenvalue weighted by molar-refractivity contribution is 5.72. The molecule has 8 aromatic carbocycles. The average Bonchev–Trinajstić information content (AvgIpc) is 0.751. The Balaban J connectivity index is 0.000000250. The third kappa shape index (κ3) is 12.2. The molecular weight excluding hydrogens is 1360 g/mol. The third-order valence-corrected chi connectivity index (χ3v) is 14.1. The molecule has 0 atom stereocenters. The van der Waals surface area contributed by atoms with Crippen molar-refractivity contribution in [2.45, 2.75) is 86.5 Å². The maximum Gasteiger partial charge on any atom is 0.205 e. The van der Waals surface area contributed by atoms with Gasteiger partial charge in [0.15, 0.2) is 163 Å². The molecule has 0 saturated carbocycles. The van der Waals surface area contributed by atoms with Crippen molar-refractivity contribution in [3.63, 3.8) is 0 Å². The van der Waals surface area contributed by atoms with Gasteiger partial charge in [-0.1, -0.05) is 41.5 Å². The minimum Gasteiger partial charge on any atom is -0.444 e. The lowest BCUT2D eigenvalue weighted by atomic mass is 9.94. The quantitative estimate of drug-likeness (QED) is 0.0926. The number of ether oxygens (including phenoxy) is 1. The van der Waals surface area contributed by atoms with Gasteiger partial charge in [0.05, 0.1) is 33.4 Å². The summed E-state index contributed by atoms with van der Waals surface area (Å²) in [6.07, 6.45) is -2.37. The molecule has 0 unspecified atom stereocenters. The van der Waals surface area contributed by atoms with E-state index in [-0.39, 0.29) is 6.42 Å². The van der Waals surface area contributed by atoms with Gasteiger partial charge in [-0.15, -0.1) is 0 Å². The second-order valence-electron chi connectivity index (χ2n) is 20.2. The Morgan fingerprint density at radius 3 is 0.585 bits per heavy atom. The predicted octanol–water partition coefficient (Wildman–Crippen LogP) is 21.9. The Kier molecular flexibility index (Phi) is 21.9. The molecule has 0 spiro atoms. The first kappa shape index (κ1) is 74.4. The standard InChI is InChI=1S/C28H10F16O.C22H10F12.C11H12F4/c1-4(2)6-13(31)17(35)8(18(36)14(6)32)10-21(39)25(43)28(26(44)22(10)40)45-27-23(41)19(37)9(20(38)24(27)42)7-15(33)11(29)5(3)12(30)16(7)34;1-3-6-13(25)15(27)7(16(28)14(6)26)4-8-17(29)21(33)10(22(34)18(8)30)9-19(31)11(23)5(2)12(24)20(9)32;1-4-6-8(12)10(14)7(5(2)3)11(15)9(6)13/h4H,1-3H3;3-4H2,1-2H3;5H,4H2,1-3H3. The van der Waals surface area contributed by atoms with Crippen molar-refractivity contribution < 1.29 is 145 Å². The van der Waals surface area contributed by atoms with Gasteiger partial charge in [0, 0.05) is 50.9 Å². The Labute approximate surface area is 506 Å². The minimum atomic E-state index is -2.93. The van der Waals surface area contributed by atoms with Crippen LogP contribution in [0.2, 0.25) is 0 Å². The second kappa shape index (κ2) is 27.7. The first-order valence-electron chi connectivity index (χ1n) is 25.9. The zero-order chi connectivity index (χ0) is 71.7. The molecule has 0 aliphatic heterocycles. The Morgan fingerprint density at radius 2 is 0.372 bits per heavy atom. The number of rotatable bonds is 11. The predicted molar refractivity (Wildman–Crippen MR) is 266 cm³/mol. The summed E-state index contributed by atoms with van der Waals surface area (Å²) in [6, 6.07) is 0. The highest BCUT2D eigenvalue weighted by atomic mass is 19.2. The van der Waals surface area contributed by atoms with Crippen molar-refractivity contribution >= 4 is 0 Å². The van der Waals surface area contributed by atoms with Crippen molar-refractivity contribution in [1.29, 1.82) is 0 Å². The minimum absolute atomic E-state index is 0.0795. The summed E-state index contributed by atoms with van der Waals surface area (Å²) < 4.78 is 461. The molecule has 8 aromatic rings. The van der Waals surface area contributed by atoms with Crippen LogP contribution < -0.4 is 4.74 Å². The van der Waals surface area contributed by atoms with Gasteiger partial charge in [0.2, 0.25) is 34.8 Å². The summed E-state index contributed by atoms with van der Waals surface area (Å²) >= 11 is 0. The summed E-state index contributed by atoms with van der Waals surface area (Å²) in [5.41, 5.74) is -23.2. The number of halogens is 32. The fourth-order valence-corrected chi connectivity index (χ4v) is 9.17. The van der Waals surface area contributed by atoms with E-state index in [9.17, 15) is 140 Å². The summed E-state index contributed by atoms with van der Waals surface area (Å²) in [4.78, 5) is 0. The topological polar surface area (TPSA) is 9.23 Å². The van der Waals surface area contributed by atoms with E-state index in [0.717, 1.165) is 20.8 Å². The zero-order valence-electron chi connectivity index (χ0n) is 47.8. The van der Waals surface area contributed by atoms with Gasteiger partial charge in [0.25, 0.3) is 0 Å². The second-order valence-corrected chi connectivity index (χ2v) is 20.2. The maximum atomic E-state index is 14.9. The SMILES string of the molecule is CCc1c(F)c(F)c(C(C)C)c(F)c1F.CCc1c(F)c(F)c(Cc2c(F)c(F)c(-c3c(F)c(F)c(C)c(F)c3F)c(F)c2F)c(F)c1F.Cc1c(F)c(F)c(-c2c(F)c(F)c(Oc3c(F)c(F)c(-c4c(F)c(F)c(C(C)C)c(F)c4F)c(F)c3F)c(F)c2F)c(F)c1F. The smallest absolute Gasteiger partial charge is 0.205 e. The lowest BCUT2D eigenvalue weighted by Gasteiger charge is -2.18. The van der Waals surface area contributed by atoms with Crippen LogP contribution in [0.15, 0.2) is 0 Å². The third-order valence-electron chi connectivity index (χ3n) is 14.1. The maximum absolute atomic E-state index is 14.9. The molecule has 0 aliphatic rings. The Bertz CT molecular complexity index is 4220. The Morgan fingerprint density at radius 1 is 0.213 bits per heavy atom. The largest absolute Gasteiger partial charge is 0.444 e. The van der Waals surface area contributed by atoms with Gasteiger partial charge in [0.1, 0.15) is 0 Å². The van der Waals surface area contributed by atoms with E-state index in [1.807, 2.05) is 0 Å². The first-order valence-corrected chi connectivity index (χ1v) is 25.9. The lowest BCUT2D eigenvalue weighted by Crippen LogP contribution is -2.13. The molecule has 0 saturated heterocycles. The molecule has 0 radical (unpaired) electrons. The molecule has 0 bridgehead atoms. The molecule has 506 valence electrons. The molecule has 0 fully saturated rings. The van der Waals surface area contributed by atoms with E-state index in [4.69, 9.17) is 0 Å². The van der Waals surface area contributed by atoms with Crippen molar-refractivity contribution in [2.75, 3.05) is 0 Å². The molecule has 0 aromatic heterocycles. The summed E-state index contributed by atoms with van der Waals surface area (Å²) in [7, 11) is 0. The van der Waals surface area contributed by atoms with E-state index in [0.29, 0.717) is 13.8 Å². The molecule has 0 N–H and O–H groups in total. The zero-order valence-corrected chi connectivity index (χ0v) is 47.8. The molecule has 94 heavy (non-hydrogen) atoms. The average molecular weight is 1390 g/mol. The van der Waals surface area contributed by atoms with Gasteiger partial charge in [-0.05, 0) is 38.5 Å². The van der Waals surface area contributed by atoms with Crippen LogP contribution in [0.5, 0.6) is 11.5 Å². The summed E-state index contributed by atoms with van der Waals surface area (Å²) in [5, 5.41) is 0. The van der Waals surface area contributed by atoms with Gasteiger partial charge in [-0.2, -0.15) is 17.6 Å². The van der Waals surface area contributed by atoms with E-state index in [1.165, 1.54) is 20.8 Å². The molecule has 33 heteroatoms. The van der Waals surface area contributed by atoms with Crippen LogP contribution in [0.25, 0.3) is 33.4 Å². The Hall–Kier alpha value is -8.68. The van der Waals surface area contributed by atoms with Gasteiger partial charge < -0.3 is 4.74 Å². The van der Waals surface area contributed by atoms with Crippen LogP contribution in [0.3, 0.4) is 0 Å². The molecule has 0 aliphatic carbocycles. The van der Waals surface area contributed by atoms with Crippen molar-refractivity contribution in [1.82, 2.24) is 0 Å². The van der Waals surface area contributed by atoms with E-state index < -0.39 is 300 Å². The molecule has 0 heterocycles. The number of hydrogen-bond acceptors (Lipinski definition) is 1. The van der Waals surface area contributed by atoms with Crippen LogP contribution in [0, 0.1) is 200 Å². The fraction of sp³-hybridized carbons (Fsp3) is 0.213.